The van der Waals surface area contributed by atoms with Crippen LogP contribution in [0.3, 0.4) is 0 Å². The van der Waals surface area contributed by atoms with E-state index in [9.17, 15) is 5.11 Å². The lowest BCUT2D eigenvalue weighted by molar-refractivity contribution is 0.0363. The summed E-state index contributed by atoms with van der Waals surface area (Å²) < 4.78 is 22.6. The van der Waals surface area contributed by atoms with Crippen molar-refractivity contribution in [2.75, 3.05) is 44.8 Å². The number of aromatic nitrogens is 3. The molecule has 0 spiro atoms. The van der Waals surface area contributed by atoms with Gasteiger partial charge in [0.25, 0.3) is 0 Å². The van der Waals surface area contributed by atoms with Crippen molar-refractivity contribution in [3.63, 3.8) is 0 Å². The van der Waals surface area contributed by atoms with Crippen LogP contribution in [0.15, 0.2) is 48.7 Å². The third-order valence-electron chi connectivity index (χ3n) is 9.30. The van der Waals surface area contributed by atoms with Crippen LogP contribution in [0, 0.1) is 17.7 Å². The number of benzene rings is 2. The van der Waals surface area contributed by atoms with Crippen molar-refractivity contribution in [1.82, 2.24) is 19.9 Å². The Hall–Kier alpha value is -3.36. The summed E-state index contributed by atoms with van der Waals surface area (Å²) in [5.74, 6) is 1.50. The minimum Gasteiger partial charge on any atom is -0.461 e. The number of rotatable bonds is 6. The van der Waals surface area contributed by atoms with Crippen LogP contribution >= 0.6 is 0 Å². The Labute approximate surface area is 227 Å². The number of nitrogens with zero attached hydrogens (tertiary/aromatic N) is 5. The minimum atomic E-state index is -0.479. The lowest BCUT2D eigenvalue weighted by Crippen LogP contribution is -2.49. The van der Waals surface area contributed by atoms with E-state index in [1.54, 1.807) is 6.20 Å². The van der Waals surface area contributed by atoms with Crippen LogP contribution < -0.4 is 9.64 Å². The van der Waals surface area contributed by atoms with Gasteiger partial charge in [0.2, 0.25) is 0 Å². The van der Waals surface area contributed by atoms with E-state index in [4.69, 9.17) is 9.72 Å². The maximum absolute atomic E-state index is 16.4. The molecule has 3 aliphatic rings. The quantitative estimate of drug-likeness (QED) is 0.376. The number of aliphatic hydroxyl groups excluding tert-OH is 1. The van der Waals surface area contributed by atoms with Gasteiger partial charge in [-0.3, -0.25) is 9.88 Å². The van der Waals surface area contributed by atoms with Crippen LogP contribution in [0.2, 0.25) is 0 Å². The standard InChI is InChI=1S/C31H34FN5O2/c1-36-13-5-12-31(36,18-38)19-39-30-34-28-25(29(35-30)37-16-20-10-11-21(14-20)17-37)15-33-27(26(28)32)24-9-4-7-22-6-2-3-8-23(22)24/h2-4,6-9,15,20-21,38H,5,10-14,16-19H2,1H3. The second-order valence-electron chi connectivity index (χ2n) is 11.7. The molecule has 1 aliphatic carbocycles. The Morgan fingerprint density at radius 1 is 1.05 bits per heavy atom. The van der Waals surface area contributed by atoms with Crippen molar-refractivity contribution < 1.29 is 14.2 Å². The molecule has 1 saturated carbocycles. The molecule has 1 N–H and O–H groups in total. The lowest BCUT2D eigenvalue weighted by atomic mass is 9.98. The van der Waals surface area contributed by atoms with Gasteiger partial charge in [0.05, 0.1) is 17.5 Å². The molecule has 3 unspecified atom stereocenters. The Bertz CT molecular complexity index is 1530. The van der Waals surface area contributed by atoms with Crippen molar-refractivity contribution in [3.8, 4) is 17.3 Å². The number of likely N-dealkylation sites (tertiary alicyclic amines) is 1. The van der Waals surface area contributed by atoms with Gasteiger partial charge in [-0.2, -0.15) is 9.97 Å². The smallest absolute Gasteiger partial charge is 0.319 e. The maximum Gasteiger partial charge on any atom is 0.319 e. The number of pyridine rings is 1. The number of halogens is 1. The fourth-order valence-electron chi connectivity index (χ4n) is 7.03. The van der Waals surface area contributed by atoms with E-state index < -0.39 is 11.4 Å². The van der Waals surface area contributed by atoms with Crippen molar-refractivity contribution in [2.24, 2.45) is 11.8 Å². The average Bonchev–Trinajstić information content (AvgIpc) is 3.51. The van der Waals surface area contributed by atoms with Crippen LogP contribution in [-0.2, 0) is 0 Å². The number of fused-ring (bicyclic) bond motifs is 4. The van der Waals surface area contributed by atoms with E-state index in [1.165, 1.54) is 19.3 Å². The first-order valence-electron chi connectivity index (χ1n) is 14.1. The molecule has 4 heterocycles. The normalized spacial score (nSPS) is 25.2. The van der Waals surface area contributed by atoms with Crippen molar-refractivity contribution in [3.05, 3.63) is 54.5 Å². The Balaban J connectivity index is 1.35. The van der Waals surface area contributed by atoms with Crippen LogP contribution in [0.4, 0.5) is 10.2 Å². The molecule has 7 nitrogen and oxygen atoms in total. The molecule has 202 valence electrons. The zero-order valence-corrected chi connectivity index (χ0v) is 22.3. The number of hydrogen-bond donors (Lipinski definition) is 1. The number of ether oxygens (including phenoxy) is 1. The van der Waals surface area contributed by atoms with Gasteiger partial charge in [0.15, 0.2) is 5.82 Å². The topological polar surface area (TPSA) is 74.6 Å². The first-order valence-corrected chi connectivity index (χ1v) is 14.1. The molecule has 8 heteroatoms. The van der Waals surface area contributed by atoms with Crippen molar-refractivity contribution >= 4 is 27.5 Å². The van der Waals surface area contributed by atoms with E-state index >= 15 is 4.39 Å². The van der Waals surface area contributed by atoms with Crippen molar-refractivity contribution in [1.29, 1.82) is 0 Å². The molecule has 4 aromatic rings. The lowest BCUT2D eigenvalue weighted by Gasteiger charge is -2.34. The van der Waals surface area contributed by atoms with Crippen molar-refractivity contribution in [2.45, 2.75) is 37.6 Å². The fraction of sp³-hybridized carbons (Fsp3) is 0.452. The summed E-state index contributed by atoms with van der Waals surface area (Å²) in [4.78, 5) is 18.5. The summed E-state index contributed by atoms with van der Waals surface area (Å²) in [6.07, 6.45) is 7.28. The zero-order valence-electron chi connectivity index (χ0n) is 22.3. The first-order chi connectivity index (χ1) is 19.0. The zero-order chi connectivity index (χ0) is 26.6. The van der Waals surface area contributed by atoms with E-state index in [1.807, 2.05) is 49.5 Å². The number of hydrogen-bond acceptors (Lipinski definition) is 7. The molecule has 3 atom stereocenters. The number of likely N-dealkylation sites (N-methyl/N-ethyl adjacent to an activating group) is 1. The molecule has 39 heavy (non-hydrogen) atoms. The Morgan fingerprint density at radius 2 is 1.85 bits per heavy atom. The highest BCUT2D eigenvalue weighted by atomic mass is 19.1. The van der Waals surface area contributed by atoms with Gasteiger partial charge in [-0.15, -0.1) is 0 Å². The van der Waals surface area contributed by atoms with E-state index in [0.717, 1.165) is 48.8 Å². The highest BCUT2D eigenvalue weighted by Crippen LogP contribution is 2.41. The van der Waals surface area contributed by atoms with Gasteiger partial charge in [-0.05, 0) is 68.3 Å². The maximum atomic E-state index is 16.4. The molecule has 2 aliphatic heterocycles. The summed E-state index contributed by atoms with van der Waals surface area (Å²) in [6.45, 7) is 2.94. The fourth-order valence-corrected chi connectivity index (χ4v) is 7.03. The van der Waals surface area contributed by atoms with E-state index in [0.29, 0.717) is 23.0 Å². The highest BCUT2D eigenvalue weighted by Gasteiger charge is 2.40. The number of piperidine rings is 1. The van der Waals surface area contributed by atoms with Gasteiger partial charge in [0, 0.05) is 24.8 Å². The summed E-state index contributed by atoms with van der Waals surface area (Å²) in [5, 5.41) is 12.8. The molecule has 2 bridgehead atoms. The summed E-state index contributed by atoms with van der Waals surface area (Å²) in [6, 6.07) is 14.0. The van der Waals surface area contributed by atoms with Crippen LogP contribution in [0.5, 0.6) is 6.01 Å². The van der Waals surface area contributed by atoms with E-state index in [2.05, 4.69) is 19.8 Å². The minimum absolute atomic E-state index is 0.0110. The monoisotopic (exact) mass is 527 g/mol. The number of anilines is 1. The molecule has 0 amide bonds. The second kappa shape index (κ2) is 9.68. The van der Waals surface area contributed by atoms with E-state index in [-0.39, 0.29) is 30.4 Å². The van der Waals surface area contributed by atoms with Gasteiger partial charge in [-0.1, -0.05) is 42.5 Å². The first kappa shape index (κ1) is 24.7. The van der Waals surface area contributed by atoms with Crippen LogP contribution in [0.1, 0.15) is 32.1 Å². The molecular formula is C31H34FN5O2. The molecule has 3 fully saturated rings. The molecule has 7 rings (SSSR count). The van der Waals surface area contributed by atoms with Gasteiger partial charge < -0.3 is 14.7 Å². The largest absolute Gasteiger partial charge is 0.461 e. The summed E-state index contributed by atoms with van der Waals surface area (Å²) >= 11 is 0. The molecule has 2 aromatic heterocycles. The van der Waals surface area contributed by atoms with Gasteiger partial charge in [0.1, 0.15) is 23.6 Å². The average molecular weight is 528 g/mol. The number of aliphatic hydroxyl groups is 1. The predicted octanol–water partition coefficient (Wildman–Crippen LogP) is 5.06. The van der Waals surface area contributed by atoms with Crippen LogP contribution in [0.25, 0.3) is 32.9 Å². The third kappa shape index (κ3) is 4.21. The highest BCUT2D eigenvalue weighted by molar-refractivity contribution is 5.99. The SMILES string of the molecule is CN1CCCC1(CO)COc1nc(N2CC3CCC(C3)C2)c2cnc(-c3cccc4ccccc34)c(F)c2n1. The predicted molar refractivity (Wildman–Crippen MR) is 150 cm³/mol. The van der Waals surface area contributed by atoms with Gasteiger partial charge >= 0.3 is 6.01 Å². The van der Waals surface area contributed by atoms with Crippen LogP contribution in [-0.4, -0.2) is 70.4 Å². The molecular weight excluding hydrogens is 493 g/mol. The molecule has 2 aromatic carbocycles. The molecule has 2 saturated heterocycles. The summed E-state index contributed by atoms with van der Waals surface area (Å²) in [5.41, 5.74) is 0.755. The Morgan fingerprint density at radius 3 is 2.62 bits per heavy atom. The van der Waals surface area contributed by atoms with Gasteiger partial charge in [-0.25, -0.2) is 4.39 Å². The molecule has 0 radical (unpaired) electrons. The summed E-state index contributed by atoms with van der Waals surface area (Å²) in [7, 11) is 2.00. The Kier molecular flexibility index (Phi) is 6.12. The second-order valence-corrected chi connectivity index (χ2v) is 11.7. The third-order valence-corrected chi connectivity index (χ3v) is 9.30.